The van der Waals surface area contributed by atoms with Crippen LogP contribution in [0.4, 0.5) is 0 Å². The van der Waals surface area contributed by atoms with E-state index in [1.807, 2.05) is 0 Å². The number of carbonyl (C=O) groups is 1. The number of aliphatic hydroxyl groups is 1. The second-order valence-electron chi connectivity index (χ2n) is 1.82. The van der Waals surface area contributed by atoms with Gasteiger partial charge in [-0.05, 0) is 0 Å². The van der Waals surface area contributed by atoms with Gasteiger partial charge in [-0.15, -0.1) is 0 Å². The third-order valence-corrected chi connectivity index (χ3v) is 1.15. The zero-order valence-electron chi connectivity index (χ0n) is 4.46. The maximum absolute atomic E-state index is 10.4. The Morgan fingerprint density at radius 3 is 2.88 bits per heavy atom. The lowest BCUT2D eigenvalue weighted by Crippen LogP contribution is -2.31. The van der Waals surface area contributed by atoms with E-state index in [9.17, 15) is 4.79 Å². The lowest BCUT2D eigenvalue weighted by molar-refractivity contribution is -0.138. The molecule has 3 heteroatoms. The van der Waals surface area contributed by atoms with Crippen LogP contribution in [0.15, 0.2) is 0 Å². The van der Waals surface area contributed by atoms with E-state index in [1.54, 1.807) is 0 Å². The topological polar surface area (TPSA) is 46.5 Å². The van der Waals surface area contributed by atoms with Crippen molar-refractivity contribution in [2.75, 3.05) is 13.2 Å². The van der Waals surface area contributed by atoms with Crippen molar-refractivity contribution in [1.29, 1.82) is 0 Å². The number of carbonyl (C=O) groups excluding carboxylic acids is 1. The molecule has 0 aromatic carbocycles. The Morgan fingerprint density at radius 1 is 1.75 bits per heavy atom. The van der Waals surface area contributed by atoms with Gasteiger partial charge in [-0.25, -0.2) is 0 Å². The van der Waals surface area contributed by atoms with Crippen LogP contribution < -0.4 is 0 Å². The van der Waals surface area contributed by atoms with Crippen molar-refractivity contribution in [1.82, 2.24) is 0 Å². The smallest absolute Gasteiger partial charge is 0.186 e. The minimum absolute atomic E-state index is 0.0845. The fraction of sp³-hybridized carbons (Fsp3) is 0.800. The largest absolute Gasteiger partial charge is 0.385 e. The van der Waals surface area contributed by atoms with E-state index in [4.69, 9.17) is 9.84 Å². The van der Waals surface area contributed by atoms with Crippen molar-refractivity contribution in [3.63, 3.8) is 0 Å². The van der Waals surface area contributed by atoms with Crippen LogP contribution in [-0.2, 0) is 9.53 Å². The number of ketones is 1. The van der Waals surface area contributed by atoms with Crippen molar-refractivity contribution in [2.24, 2.45) is 0 Å². The predicted octanol–water partition coefficient (Wildman–Crippen LogP) is -0.663. The molecule has 0 saturated carbocycles. The van der Waals surface area contributed by atoms with E-state index in [0.29, 0.717) is 13.0 Å². The summed E-state index contributed by atoms with van der Waals surface area (Å²) < 4.78 is 4.74. The Morgan fingerprint density at radius 2 is 2.50 bits per heavy atom. The highest BCUT2D eigenvalue weighted by atomic mass is 16.5. The molecule has 0 aromatic heterocycles. The molecule has 0 aliphatic carbocycles. The summed E-state index contributed by atoms with van der Waals surface area (Å²) in [6.07, 6.45) is -0.303. The number of ether oxygens (including phenoxy) is 1. The molecule has 1 heterocycles. The first-order chi connectivity index (χ1) is 3.80. The van der Waals surface area contributed by atoms with Crippen LogP contribution in [0, 0.1) is 0 Å². The van der Waals surface area contributed by atoms with Crippen LogP contribution in [-0.4, -0.2) is 30.2 Å². The van der Waals surface area contributed by atoms with Gasteiger partial charge in [0, 0.05) is 6.42 Å². The number of rotatable bonds is 0. The third kappa shape index (κ3) is 1.05. The first-order valence-electron chi connectivity index (χ1n) is 2.59. The lowest BCUT2D eigenvalue weighted by atomic mass is 10.1. The van der Waals surface area contributed by atoms with Gasteiger partial charge < -0.3 is 9.84 Å². The molecular formula is C5H8O3. The second-order valence-corrected chi connectivity index (χ2v) is 1.82. The van der Waals surface area contributed by atoms with Crippen molar-refractivity contribution in [3.8, 4) is 0 Å². The average molecular weight is 116 g/mol. The zero-order chi connectivity index (χ0) is 5.98. The number of hydrogen-bond donors (Lipinski definition) is 1. The molecule has 1 N–H and O–H groups in total. The molecule has 8 heavy (non-hydrogen) atoms. The minimum atomic E-state index is -0.760. The molecule has 3 nitrogen and oxygen atoms in total. The highest BCUT2D eigenvalue weighted by molar-refractivity contribution is 5.84. The molecular weight excluding hydrogens is 108 g/mol. The fourth-order valence-corrected chi connectivity index (χ4v) is 0.625. The summed E-state index contributed by atoms with van der Waals surface area (Å²) in [4.78, 5) is 10.4. The summed E-state index contributed by atoms with van der Waals surface area (Å²) in [7, 11) is 0. The summed E-state index contributed by atoms with van der Waals surface area (Å²) in [5, 5.41) is 8.75. The first kappa shape index (κ1) is 5.72. The Kier molecular flexibility index (Phi) is 1.60. The van der Waals surface area contributed by atoms with E-state index >= 15 is 0 Å². The minimum Gasteiger partial charge on any atom is -0.385 e. The summed E-state index contributed by atoms with van der Waals surface area (Å²) >= 11 is 0. The average Bonchev–Trinajstić information content (AvgIpc) is 1.77. The molecule has 0 amide bonds. The molecule has 1 unspecified atom stereocenters. The van der Waals surface area contributed by atoms with Crippen LogP contribution in [0.5, 0.6) is 0 Å². The molecule has 1 fully saturated rings. The first-order valence-corrected chi connectivity index (χ1v) is 2.59. The van der Waals surface area contributed by atoms with E-state index in [-0.39, 0.29) is 12.4 Å². The quantitative estimate of drug-likeness (QED) is 0.457. The Balaban J connectivity index is 2.39. The zero-order valence-corrected chi connectivity index (χ0v) is 4.46. The highest BCUT2D eigenvalue weighted by Gasteiger charge is 2.18. The standard InChI is InChI=1S/C5H8O3/c6-4-1-2-8-3-5(4)7/h4,6H,1-3H2. The second kappa shape index (κ2) is 2.24. The SMILES string of the molecule is O=C1COCCC1O. The van der Waals surface area contributed by atoms with Crippen molar-refractivity contribution >= 4 is 5.78 Å². The summed E-state index contributed by atoms with van der Waals surface area (Å²) in [5.41, 5.74) is 0. The number of hydrogen-bond acceptors (Lipinski definition) is 3. The summed E-state index contributed by atoms with van der Waals surface area (Å²) in [5.74, 6) is -0.198. The lowest BCUT2D eigenvalue weighted by Gasteiger charge is -2.14. The Labute approximate surface area is 47.3 Å². The van der Waals surface area contributed by atoms with Gasteiger partial charge in [0.05, 0.1) is 6.61 Å². The van der Waals surface area contributed by atoms with Gasteiger partial charge in [0.25, 0.3) is 0 Å². The molecule has 1 aliphatic heterocycles. The highest BCUT2D eigenvalue weighted by Crippen LogP contribution is 2.00. The maximum Gasteiger partial charge on any atom is 0.186 e. The molecule has 1 aliphatic rings. The van der Waals surface area contributed by atoms with Gasteiger partial charge in [-0.1, -0.05) is 0 Å². The predicted molar refractivity (Wildman–Crippen MR) is 26.4 cm³/mol. The van der Waals surface area contributed by atoms with Gasteiger partial charge in [0.15, 0.2) is 5.78 Å². The Bertz CT molecular complexity index is 99.8. The van der Waals surface area contributed by atoms with E-state index in [2.05, 4.69) is 0 Å². The van der Waals surface area contributed by atoms with Crippen LogP contribution in [0.1, 0.15) is 6.42 Å². The molecule has 46 valence electrons. The van der Waals surface area contributed by atoms with Crippen LogP contribution in [0.25, 0.3) is 0 Å². The van der Waals surface area contributed by atoms with Gasteiger partial charge in [0.2, 0.25) is 0 Å². The molecule has 0 spiro atoms. The summed E-state index contributed by atoms with van der Waals surface area (Å²) in [6.45, 7) is 0.591. The number of aliphatic hydroxyl groups excluding tert-OH is 1. The van der Waals surface area contributed by atoms with Gasteiger partial charge in [0.1, 0.15) is 12.7 Å². The van der Waals surface area contributed by atoms with Crippen LogP contribution in [0.3, 0.4) is 0 Å². The molecule has 0 aromatic rings. The molecule has 0 bridgehead atoms. The van der Waals surface area contributed by atoms with Crippen molar-refractivity contribution in [3.05, 3.63) is 0 Å². The maximum atomic E-state index is 10.4. The molecule has 1 rings (SSSR count). The van der Waals surface area contributed by atoms with Crippen LogP contribution >= 0.6 is 0 Å². The van der Waals surface area contributed by atoms with Crippen molar-refractivity contribution < 1.29 is 14.6 Å². The van der Waals surface area contributed by atoms with E-state index in [0.717, 1.165) is 0 Å². The van der Waals surface area contributed by atoms with Gasteiger partial charge >= 0.3 is 0 Å². The van der Waals surface area contributed by atoms with E-state index in [1.165, 1.54) is 0 Å². The third-order valence-electron chi connectivity index (χ3n) is 1.15. The van der Waals surface area contributed by atoms with E-state index < -0.39 is 6.10 Å². The number of Topliss-reactive ketones (excluding diaryl/α,β-unsaturated/α-hetero) is 1. The van der Waals surface area contributed by atoms with Gasteiger partial charge in [-0.2, -0.15) is 0 Å². The fourth-order valence-electron chi connectivity index (χ4n) is 0.625. The van der Waals surface area contributed by atoms with Crippen LogP contribution in [0.2, 0.25) is 0 Å². The summed E-state index contributed by atoms with van der Waals surface area (Å²) in [6, 6.07) is 0. The Hall–Kier alpha value is -0.410. The monoisotopic (exact) mass is 116 g/mol. The normalized spacial score (nSPS) is 30.6. The van der Waals surface area contributed by atoms with Crippen molar-refractivity contribution in [2.45, 2.75) is 12.5 Å². The molecule has 0 radical (unpaired) electrons. The molecule has 1 atom stereocenters. The molecule has 1 saturated heterocycles. The van der Waals surface area contributed by atoms with Gasteiger partial charge in [-0.3, -0.25) is 4.79 Å².